The topological polar surface area (TPSA) is 43.8 Å². The summed E-state index contributed by atoms with van der Waals surface area (Å²) in [7, 11) is 4.23. The lowest BCUT2D eigenvalue weighted by molar-refractivity contribution is -0.142. The molecule has 0 amide bonds. The highest BCUT2D eigenvalue weighted by molar-refractivity contribution is 5.70. The highest BCUT2D eigenvalue weighted by Crippen LogP contribution is 2.18. The molecule has 2 atom stereocenters. The summed E-state index contributed by atoms with van der Waals surface area (Å²) in [6.45, 7) is 6.06. The molecule has 0 aromatic carbocycles. The Morgan fingerprint density at radius 1 is 1.56 bits per heavy atom. The van der Waals surface area contributed by atoms with Gasteiger partial charge < -0.3 is 14.9 Å². The van der Waals surface area contributed by atoms with Crippen molar-refractivity contribution in [1.29, 1.82) is 0 Å². The van der Waals surface area contributed by atoms with Gasteiger partial charge in [0.25, 0.3) is 0 Å². The fourth-order valence-electron chi connectivity index (χ4n) is 2.76. The first kappa shape index (κ1) is 15.4. The first-order valence-corrected chi connectivity index (χ1v) is 7.12. The Labute approximate surface area is 111 Å². The second kappa shape index (κ2) is 7.74. The molecule has 1 aliphatic rings. The normalized spacial score (nSPS) is 23.2. The molecule has 1 fully saturated rings. The summed E-state index contributed by atoms with van der Waals surface area (Å²) in [5.74, 6) is -0.0955. The van der Waals surface area contributed by atoms with E-state index < -0.39 is 5.97 Å². The molecule has 1 saturated heterocycles. The van der Waals surface area contributed by atoms with E-state index in [4.69, 9.17) is 5.11 Å². The first-order valence-electron chi connectivity index (χ1n) is 7.12. The predicted molar refractivity (Wildman–Crippen MR) is 73.8 cm³/mol. The summed E-state index contributed by atoms with van der Waals surface area (Å²) < 4.78 is 0. The van der Waals surface area contributed by atoms with E-state index in [1.165, 1.54) is 32.4 Å². The van der Waals surface area contributed by atoms with Crippen molar-refractivity contribution in [3.63, 3.8) is 0 Å². The minimum Gasteiger partial charge on any atom is -0.481 e. The van der Waals surface area contributed by atoms with Crippen molar-refractivity contribution in [3.8, 4) is 0 Å². The molecule has 0 saturated carbocycles. The third-order valence-electron chi connectivity index (χ3n) is 4.02. The second-order valence-corrected chi connectivity index (χ2v) is 5.76. The summed E-state index contributed by atoms with van der Waals surface area (Å²) in [6, 6.07) is 0. The molecule has 2 unspecified atom stereocenters. The Bertz CT molecular complexity index is 258. The van der Waals surface area contributed by atoms with Crippen molar-refractivity contribution in [2.75, 3.05) is 40.3 Å². The molecule has 1 rings (SSSR count). The maximum atomic E-state index is 11.0. The van der Waals surface area contributed by atoms with Crippen LogP contribution in [0, 0.1) is 11.8 Å². The van der Waals surface area contributed by atoms with Gasteiger partial charge in [-0.2, -0.15) is 0 Å². The zero-order valence-electron chi connectivity index (χ0n) is 12.1. The number of nitrogens with zero attached hydrogens (tertiary/aromatic N) is 2. The summed E-state index contributed by atoms with van der Waals surface area (Å²) in [5.41, 5.74) is 0. The molecule has 4 nitrogen and oxygen atoms in total. The number of piperidine rings is 1. The lowest BCUT2D eigenvalue weighted by atomic mass is 9.95. The van der Waals surface area contributed by atoms with Gasteiger partial charge in [-0.15, -0.1) is 0 Å². The minimum atomic E-state index is -0.665. The molecule has 0 spiro atoms. The van der Waals surface area contributed by atoms with Crippen LogP contribution in [-0.4, -0.2) is 61.2 Å². The molecule has 0 bridgehead atoms. The quantitative estimate of drug-likeness (QED) is 0.754. The molecule has 0 aromatic rings. The molecule has 0 radical (unpaired) electrons. The Morgan fingerprint density at radius 2 is 2.28 bits per heavy atom. The van der Waals surface area contributed by atoms with E-state index in [-0.39, 0.29) is 5.92 Å². The van der Waals surface area contributed by atoms with Gasteiger partial charge in [-0.1, -0.05) is 6.92 Å². The van der Waals surface area contributed by atoms with Crippen LogP contribution in [0.5, 0.6) is 0 Å². The minimum absolute atomic E-state index is 0.218. The van der Waals surface area contributed by atoms with Gasteiger partial charge in [0.05, 0.1) is 5.92 Å². The Kier molecular flexibility index (Phi) is 6.65. The zero-order chi connectivity index (χ0) is 13.5. The Hall–Kier alpha value is -0.610. The average molecular weight is 256 g/mol. The fourth-order valence-corrected chi connectivity index (χ4v) is 2.76. The number of likely N-dealkylation sites (tertiary alicyclic amines) is 1. The van der Waals surface area contributed by atoms with Crippen LogP contribution in [-0.2, 0) is 4.79 Å². The highest BCUT2D eigenvalue weighted by atomic mass is 16.4. The summed E-state index contributed by atoms with van der Waals surface area (Å²) >= 11 is 0. The van der Waals surface area contributed by atoms with Crippen LogP contribution in [0.4, 0.5) is 0 Å². The number of hydrogen-bond donors (Lipinski definition) is 1. The van der Waals surface area contributed by atoms with Crippen LogP contribution >= 0.6 is 0 Å². The summed E-state index contributed by atoms with van der Waals surface area (Å²) in [5, 5.41) is 9.04. The highest BCUT2D eigenvalue weighted by Gasteiger charge is 2.20. The van der Waals surface area contributed by atoms with Crippen molar-refractivity contribution < 1.29 is 9.90 Å². The molecule has 1 N–H and O–H groups in total. The maximum Gasteiger partial charge on any atom is 0.307 e. The molecular formula is C14H28N2O2. The van der Waals surface area contributed by atoms with Gasteiger partial charge in [0.1, 0.15) is 0 Å². The molecular weight excluding hydrogens is 228 g/mol. The Morgan fingerprint density at radius 3 is 2.83 bits per heavy atom. The number of hydrogen-bond acceptors (Lipinski definition) is 3. The standard InChI is InChI=1S/C14H28N2O2/c1-4-13(14(17)18)11-16(3)9-7-12-6-5-8-15(2)10-12/h12-13H,4-11H2,1-3H3,(H,17,18). The smallest absolute Gasteiger partial charge is 0.307 e. The molecule has 1 heterocycles. The lowest BCUT2D eigenvalue weighted by Crippen LogP contribution is -2.35. The van der Waals surface area contributed by atoms with Crippen LogP contribution in [0.2, 0.25) is 0 Å². The SMILES string of the molecule is CCC(CN(C)CCC1CCCN(C)C1)C(=O)O. The van der Waals surface area contributed by atoms with E-state index in [1.807, 2.05) is 14.0 Å². The number of carboxylic acids is 1. The predicted octanol–water partition coefficient (Wildman–Crippen LogP) is 1.76. The van der Waals surface area contributed by atoms with Gasteiger partial charge in [0, 0.05) is 13.1 Å². The van der Waals surface area contributed by atoms with Crippen LogP contribution in [0.3, 0.4) is 0 Å². The number of rotatable bonds is 7. The fraction of sp³-hybridized carbons (Fsp3) is 0.929. The molecule has 106 valence electrons. The first-order chi connectivity index (χ1) is 8.52. The number of carboxylic acid groups (broad SMARTS) is 1. The number of aliphatic carboxylic acids is 1. The van der Waals surface area contributed by atoms with Gasteiger partial charge in [0.2, 0.25) is 0 Å². The van der Waals surface area contributed by atoms with Crippen LogP contribution in [0.25, 0.3) is 0 Å². The summed E-state index contributed by atoms with van der Waals surface area (Å²) in [6.07, 6.45) is 4.54. The van der Waals surface area contributed by atoms with Crippen LogP contribution in [0.15, 0.2) is 0 Å². The lowest BCUT2D eigenvalue weighted by Gasteiger charge is -2.31. The average Bonchev–Trinajstić information content (AvgIpc) is 2.33. The van der Waals surface area contributed by atoms with Gasteiger partial charge in [0.15, 0.2) is 0 Å². The van der Waals surface area contributed by atoms with Crippen molar-refractivity contribution in [1.82, 2.24) is 9.80 Å². The van der Waals surface area contributed by atoms with E-state index in [9.17, 15) is 4.79 Å². The van der Waals surface area contributed by atoms with Crippen molar-refractivity contribution in [2.45, 2.75) is 32.6 Å². The zero-order valence-corrected chi connectivity index (χ0v) is 12.1. The largest absolute Gasteiger partial charge is 0.481 e. The van der Waals surface area contributed by atoms with Gasteiger partial charge in [-0.3, -0.25) is 4.79 Å². The van der Waals surface area contributed by atoms with Crippen LogP contribution in [0.1, 0.15) is 32.6 Å². The van der Waals surface area contributed by atoms with Gasteiger partial charge in [-0.05, 0) is 58.8 Å². The van der Waals surface area contributed by atoms with Crippen LogP contribution < -0.4 is 0 Å². The van der Waals surface area contributed by atoms with Crippen molar-refractivity contribution in [2.24, 2.45) is 11.8 Å². The molecule has 18 heavy (non-hydrogen) atoms. The third kappa shape index (κ3) is 5.36. The third-order valence-corrected chi connectivity index (χ3v) is 4.02. The Balaban J connectivity index is 2.23. The van der Waals surface area contributed by atoms with Crippen molar-refractivity contribution >= 4 is 5.97 Å². The van der Waals surface area contributed by atoms with Gasteiger partial charge in [-0.25, -0.2) is 0 Å². The van der Waals surface area contributed by atoms with E-state index in [2.05, 4.69) is 16.8 Å². The van der Waals surface area contributed by atoms with Gasteiger partial charge >= 0.3 is 5.97 Å². The van der Waals surface area contributed by atoms with Crippen molar-refractivity contribution in [3.05, 3.63) is 0 Å². The van der Waals surface area contributed by atoms with E-state index in [0.717, 1.165) is 12.5 Å². The molecule has 0 aliphatic carbocycles. The monoisotopic (exact) mass is 256 g/mol. The molecule has 1 aliphatic heterocycles. The van der Waals surface area contributed by atoms with E-state index >= 15 is 0 Å². The maximum absolute atomic E-state index is 11.0. The number of carbonyl (C=O) groups is 1. The van der Waals surface area contributed by atoms with E-state index in [0.29, 0.717) is 13.0 Å². The molecule has 4 heteroatoms. The van der Waals surface area contributed by atoms with E-state index in [1.54, 1.807) is 0 Å². The summed E-state index contributed by atoms with van der Waals surface area (Å²) in [4.78, 5) is 15.6. The molecule has 0 aromatic heterocycles. The second-order valence-electron chi connectivity index (χ2n) is 5.76.